The van der Waals surface area contributed by atoms with Gasteiger partial charge < -0.3 is 9.15 Å². The normalized spacial score (nSPS) is 17.4. The molecule has 3 heterocycles. The highest BCUT2D eigenvalue weighted by atomic mass is 16.5. The van der Waals surface area contributed by atoms with E-state index in [-0.39, 0.29) is 0 Å². The van der Waals surface area contributed by atoms with E-state index in [1.807, 2.05) is 0 Å². The van der Waals surface area contributed by atoms with E-state index >= 15 is 0 Å². The predicted molar refractivity (Wildman–Crippen MR) is 134 cm³/mol. The van der Waals surface area contributed by atoms with Crippen LogP contribution in [0.3, 0.4) is 0 Å². The van der Waals surface area contributed by atoms with Crippen molar-refractivity contribution < 1.29 is 13.7 Å². The van der Waals surface area contributed by atoms with Crippen molar-refractivity contribution in [3.05, 3.63) is 53.4 Å². The molecule has 1 aliphatic carbocycles. The number of pyridine rings is 1. The lowest BCUT2D eigenvalue weighted by molar-refractivity contribution is -0.659. The van der Waals surface area contributed by atoms with Gasteiger partial charge in [0.2, 0.25) is 5.69 Å². The average molecular weight is 441 g/mol. The quantitative estimate of drug-likeness (QED) is 0.264. The second-order valence-corrected chi connectivity index (χ2v) is 10.5. The summed E-state index contributed by atoms with van der Waals surface area (Å²) in [6.07, 6.45) is 11.8. The Labute approximate surface area is 196 Å². The van der Waals surface area contributed by atoms with Crippen LogP contribution in [0, 0.1) is 19.3 Å². The second kappa shape index (κ2) is 7.35. The highest BCUT2D eigenvalue weighted by Crippen LogP contribution is 2.52. The molecule has 33 heavy (non-hydrogen) atoms. The number of ether oxygens (including phenoxy) is 1. The summed E-state index contributed by atoms with van der Waals surface area (Å²) in [5.41, 5.74) is 7.68. The van der Waals surface area contributed by atoms with Crippen molar-refractivity contribution in [3.8, 4) is 22.8 Å². The molecule has 0 radical (unpaired) electrons. The Bertz CT molecular complexity index is 1400. The topological polar surface area (TPSA) is 26.2 Å². The molecule has 0 spiro atoms. The van der Waals surface area contributed by atoms with Crippen LogP contribution in [-0.2, 0) is 7.05 Å². The van der Waals surface area contributed by atoms with E-state index in [0.29, 0.717) is 11.3 Å². The molecule has 0 bridgehead atoms. The summed E-state index contributed by atoms with van der Waals surface area (Å²) < 4.78 is 14.8. The van der Waals surface area contributed by atoms with E-state index in [2.05, 4.69) is 69.8 Å². The highest BCUT2D eigenvalue weighted by molar-refractivity contribution is 6.05. The zero-order valence-electron chi connectivity index (χ0n) is 20.5. The number of aromatic nitrogens is 1. The van der Waals surface area contributed by atoms with Crippen molar-refractivity contribution in [2.75, 3.05) is 0 Å². The molecule has 6 rings (SSSR count). The molecule has 0 atom stereocenters. The van der Waals surface area contributed by atoms with Crippen molar-refractivity contribution in [2.24, 2.45) is 12.5 Å². The van der Waals surface area contributed by atoms with Gasteiger partial charge in [0.25, 0.3) is 0 Å². The van der Waals surface area contributed by atoms with Gasteiger partial charge in [-0.2, -0.15) is 0 Å². The first kappa shape index (κ1) is 20.8. The monoisotopic (exact) mass is 440 g/mol. The summed E-state index contributed by atoms with van der Waals surface area (Å²) in [4.78, 5) is 0. The fourth-order valence-electron chi connectivity index (χ4n) is 6.64. The maximum Gasteiger partial charge on any atom is 0.228 e. The number of rotatable bonds is 3. The Kier molecular flexibility index (Phi) is 4.62. The molecule has 3 heteroatoms. The van der Waals surface area contributed by atoms with Gasteiger partial charge in [-0.3, -0.25) is 0 Å². The van der Waals surface area contributed by atoms with Crippen LogP contribution in [0.2, 0.25) is 0 Å². The van der Waals surface area contributed by atoms with Gasteiger partial charge in [0.15, 0.2) is 6.20 Å². The molecule has 2 aromatic carbocycles. The lowest BCUT2D eigenvalue weighted by Gasteiger charge is -2.39. The fourth-order valence-corrected chi connectivity index (χ4v) is 6.64. The van der Waals surface area contributed by atoms with Crippen LogP contribution in [0.5, 0.6) is 11.5 Å². The summed E-state index contributed by atoms with van der Waals surface area (Å²) in [5.74, 6) is 2.56. The maximum absolute atomic E-state index is 6.74. The number of fused-ring (bicyclic) bond motifs is 3. The Morgan fingerprint density at radius 3 is 2.52 bits per heavy atom. The molecule has 170 valence electrons. The van der Waals surface area contributed by atoms with Crippen molar-refractivity contribution in [1.29, 1.82) is 0 Å². The van der Waals surface area contributed by atoms with Gasteiger partial charge in [0.1, 0.15) is 24.1 Å². The van der Waals surface area contributed by atoms with E-state index < -0.39 is 0 Å². The zero-order chi connectivity index (χ0) is 22.9. The molecule has 1 saturated carbocycles. The minimum absolute atomic E-state index is 0.557. The van der Waals surface area contributed by atoms with E-state index in [1.54, 1.807) is 6.26 Å². The van der Waals surface area contributed by atoms with E-state index in [0.717, 1.165) is 22.6 Å². The zero-order valence-corrected chi connectivity index (χ0v) is 20.5. The van der Waals surface area contributed by atoms with Crippen LogP contribution in [-0.4, -0.2) is 0 Å². The minimum atomic E-state index is 0.557. The van der Waals surface area contributed by atoms with Crippen LogP contribution in [0.15, 0.2) is 41.1 Å². The number of furan rings is 1. The van der Waals surface area contributed by atoms with Crippen LogP contribution in [0.4, 0.5) is 0 Å². The SMILES string of the molecule is CCC1(CC)CCC(c2cc3c4c([n+](C)ccc4c2)-c2c(c(C)c4occc4c2C)O3)CC1. The van der Waals surface area contributed by atoms with Crippen molar-refractivity contribution in [3.63, 3.8) is 0 Å². The van der Waals surface area contributed by atoms with Gasteiger partial charge in [-0.25, -0.2) is 4.57 Å². The van der Waals surface area contributed by atoms with Crippen LogP contribution < -0.4 is 9.30 Å². The number of hydrogen-bond donors (Lipinski definition) is 0. The molecule has 1 fully saturated rings. The van der Waals surface area contributed by atoms with Crippen LogP contribution in [0.25, 0.3) is 33.0 Å². The number of aryl methyl sites for hydroxylation is 3. The molecule has 1 aliphatic heterocycles. The fraction of sp³-hybridized carbons (Fsp3) is 0.433. The molecule has 0 unspecified atom stereocenters. The minimum Gasteiger partial charge on any atom is -0.464 e. The number of hydrogen-bond acceptors (Lipinski definition) is 2. The first-order chi connectivity index (χ1) is 16.0. The highest BCUT2D eigenvalue weighted by Gasteiger charge is 2.35. The average Bonchev–Trinajstić information content (AvgIpc) is 3.34. The molecular formula is C30H34NO2+. The van der Waals surface area contributed by atoms with Gasteiger partial charge in [0.05, 0.1) is 17.2 Å². The summed E-state index contributed by atoms with van der Waals surface area (Å²) in [5, 5.41) is 3.69. The molecular weight excluding hydrogens is 406 g/mol. The molecule has 0 N–H and O–H groups in total. The Hall–Kier alpha value is -2.81. The maximum atomic E-state index is 6.74. The second-order valence-electron chi connectivity index (χ2n) is 10.5. The van der Waals surface area contributed by atoms with Crippen molar-refractivity contribution >= 4 is 21.7 Å². The smallest absolute Gasteiger partial charge is 0.228 e. The Morgan fingerprint density at radius 1 is 1.03 bits per heavy atom. The van der Waals surface area contributed by atoms with E-state index in [1.165, 1.54) is 77.1 Å². The molecule has 0 saturated heterocycles. The van der Waals surface area contributed by atoms with Crippen molar-refractivity contribution in [1.82, 2.24) is 0 Å². The van der Waals surface area contributed by atoms with Gasteiger partial charge in [0, 0.05) is 17.0 Å². The van der Waals surface area contributed by atoms with Gasteiger partial charge >= 0.3 is 0 Å². The Balaban J connectivity index is 1.52. The summed E-state index contributed by atoms with van der Waals surface area (Å²) in [6.45, 7) is 9.05. The molecule has 3 nitrogen and oxygen atoms in total. The predicted octanol–water partition coefficient (Wildman–Crippen LogP) is 8.26. The third-order valence-electron chi connectivity index (χ3n) is 9.04. The summed E-state index contributed by atoms with van der Waals surface area (Å²) in [7, 11) is 2.14. The van der Waals surface area contributed by atoms with Crippen LogP contribution in [0.1, 0.15) is 75.0 Å². The molecule has 4 aromatic rings. The van der Waals surface area contributed by atoms with E-state index in [9.17, 15) is 0 Å². The first-order valence-corrected chi connectivity index (χ1v) is 12.6. The van der Waals surface area contributed by atoms with Crippen molar-refractivity contribution in [2.45, 2.75) is 72.1 Å². The third-order valence-corrected chi connectivity index (χ3v) is 9.04. The lowest BCUT2D eigenvalue weighted by Crippen LogP contribution is -2.32. The first-order valence-electron chi connectivity index (χ1n) is 12.6. The number of benzene rings is 2. The third kappa shape index (κ3) is 2.90. The lowest BCUT2D eigenvalue weighted by atomic mass is 9.66. The molecule has 0 amide bonds. The number of nitrogens with zero attached hydrogens (tertiary/aromatic N) is 1. The Morgan fingerprint density at radius 2 is 1.79 bits per heavy atom. The van der Waals surface area contributed by atoms with Gasteiger partial charge in [-0.1, -0.05) is 32.8 Å². The van der Waals surface area contributed by atoms with Crippen LogP contribution >= 0.6 is 0 Å². The molecule has 2 aliphatic rings. The summed E-state index contributed by atoms with van der Waals surface area (Å²) >= 11 is 0. The largest absolute Gasteiger partial charge is 0.464 e. The van der Waals surface area contributed by atoms with Gasteiger partial charge in [-0.15, -0.1) is 0 Å². The standard InChI is InChI=1S/C30H34NO2/c1-6-30(7-2)12-8-20(9-13-30)22-16-21-10-14-31(5)27-25-18(3)23-11-15-32-28(23)19(4)29(25)33-24(17-22)26(21)27/h10-11,14-17,20H,6-9,12-13H2,1-5H3/q+1. The molecule has 2 aromatic heterocycles. The van der Waals surface area contributed by atoms with Gasteiger partial charge in [-0.05, 0) is 79.5 Å². The summed E-state index contributed by atoms with van der Waals surface area (Å²) in [6, 6.07) is 9.10. The van der Waals surface area contributed by atoms with E-state index in [4.69, 9.17) is 9.15 Å².